The number of rotatable bonds is 7. The van der Waals surface area contributed by atoms with E-state index in [0.29, 0.717) is 12.8 Å². The van der Waals surface area contributed by atoms with Crippen LogP contribution in [0.15, 0.2) is 88.9 Å². The van der Waals surface area contributed by atoms with Gasteiger partial charge in [-0.15, -0.1) is 22.7 Å². The zero-order valence-corrected chi connectivity index (χ0v) is 21.0. The number of azide groups is 1. The predicted octanol–water partition coefficient (Wildman–Crippen LogP) is 7.59. The van der Waals surface area contributed by atoms with E-state index in [9.17, 15) is 5.11 Å². The van der Waals surface area contributed by atoms with Gasteiger partial charge in [-0.1, -0.05) is 73.2 Å². The first-order valence-electron chi connectivity index (χ1n) is 11.4. The molecule has 0 aliphatic carbocycles. The molecule has 1 N–H and O–H groups in total. The van der Waals surface area contributed by atoms with E-state index in [-0.39, 0.29) is 13.5 Å². The first-order valence-corrected chi connectivity index (χ1v) is 13.2. The molecule has 0 amide bonds. The van der Waals surface area contributed by atoms with Crippen LogP contribution < -0.4 is 0 Å². The summed E-state index contributed by atoms with van der Waals surface area (Å²) >= 11 is 3.00. The lowest BCUT2D eigenvalue weighted by molar-refractivity contribution is 0.178. The Morgan fingerprint density at radius 3 is 1.83 bits per heavy atom. The maximum absolute atomic E-state index is 9.81. The second-order valence-electron chi connectivity index (χ2n) is 7.68. The van der Waals surface area contributed by atoms with Crippen molar-refractivity contribution in [1.29, 1.82) is 0 Å². The smallest absolute Gasteiger partial charge is 0.121 e. The maximum Gasteiger partial charge on any atom is 0.121 e. The van der Waals surface area contributed by atoms with Gasteiger partial charge in [0, 0.05) is 47.7 Å². The zero-order chi connectivity index (χ0) is 24.6. The van der Waals surface area contributed by atoms with Gasteiger partial charge in [0.15, 0.2) is 0 Å². The summed E-state index contributed by atoms with van der Waals surface area (Å²) in [6.45, 7) is 2.00. The van der Waals surface area contributed by atoms with Crippen LogP contribution >= 0.6 is 22.7 Å². The van der Waals surface area contributed by atoms with E-state index in [1.165, 1.54) is 35.5 Å². The van der Waals surface area contributed by atoms with E-state index in [1.54, 1.807) is 12.4 Å². The fraction of sp³-hybridized carbons (Fsp3) is 0.333. The van der Waals surface area contributed by atoms with Crippen molar-refractivity contribution < 1.29 is 9.84 Å². The topological polar surface area (TPSA) is 104 Å². The highest BCUT2D eigenvalue weighted by Gasteiger charge is 2.12. The van der Waals surface area contributed by atoms with Crippen molar-refractivity contribution in [2.45, 2.75) is 45.3 Å². The van der Waals surface area contributed by atoms with E-state index in [2.05, 4.69) is 20.0 Å². The van der Waals surface area contributed by atoms with E-state index in [1.807, 2.05) is 71.4 Å². The average molecular weight is 524 g/mol. The zero-order valence-electron chi connectivity index (χ0n) is 19.4. The Bertz CT molecular complexity index is 1090. The van der Waals surface area contributed by atoms with Gasteiger partial charge in [-0.3, -0.25) is 0 Å². The molecule has 0 saturated carbocycles. The van der Waals surface area contributed by atoms with E-state index >= 15 is 0 Å². The number of ether oxygens (including phenoxy) is 1. The van der Waals surface area contributed by atoms with Crippen LogP contribution in [0.1, 0.15) is 53.6 Å². The Hall–Kier alpha value is -3.07. The molecule has 2 atom stereocenters. The molecular formula is C27H33N5O2S2. The van der Waals surface area contributed by atoms with Gasteiger partial charge in [-0.25, -0.2) is 9.97 Å². The monoisotopic (exact) mass is 523 g/mol. The molecule has 1 saturated heterocycles. The fourth-order valence-electron chi connectivity index (χ4n) is 3.31. The van der Waals surface area contributed by atoms with Crippen molar-refractivity contribution in [2.75, 3.05) is 13.2 Å². The van der Waals surface area contributed by atoms with Crippen molar-refractivity contribution >= 4 is 22.7 Å². The molecule has 4 aromatic rings. The molecule has 2 aromatic heterocycles. The van der Waals surface area contributed by atoms with Crippen LogP contribution in [-0.4, -0.2) is 28.3 Å². The lowest BCUT2D eigenvalue weighted by atomic mass is 10.1. The minimum Gasteiger partial charge on any atom is -0.386 e. The molecular weight excluding hydrogens is 490 g/mol. The summed E-state index contributed by atoms with van der Waals surface area (Å²) in [5, 5.41) is 19.0. The highest BCUT2D eigenvalue weighted by molar-refractivity contribution is 7.09. The molecule has 0 unspecified atom stereocenters. The Morgan fingerprint density at radius 1 is 0.861 bits per heavy atom. The number of aliphatic hydroxyl groups excluding tert-OH is 1. The van der Waals surface area contributed by atoms with Crippen LogP contribution in [0.25, 0.3) is 10.4 Å². The minimum atomic E-state index is -0.475. The van der Waals surface area contributed by atoms with Gasteiger partial charge >= 0.3 is 0 Å². The summed E-state index contributed by atoms with van der Waals surface area (Å²) in [5.41, 5.74) is 10.8. The summed E-state index contributed by atoms with van der Waals surface area (Å²) in [6, 6.07) is 19.7. The fourth-order valence-corrected chi connectivity index (χ4v) is 4.60. The Labute approximate surface area is 221 Å². The quantitative estimate of drug-likeness (QED) is 0.153. The van der Waals surface area contributed by atoms with Crippen molar-refractivity contribution in [1.82, 2.24) is 9.97 Å². The highest BCUT2D eigenvalue weighted by atomic mass is 32.1. The van der Waals surface area contributed by atoms with Gasteiger partial charge in [0.25, 0.3) is 0 Å². The molecule has 9 heteroatoms. The number of hydrogen-bond donors (Lipinski definition) is 1. The highest BCUT2D eigenvalue weighted by Crippen LogP contribution is 2.24. The van der Waals surface area contributed by atoms with Gasteiger partial charge in [0.05, 0.1) is 6.04 Å². The lowest BCUT2D eigenvalue weighted by Gasteiger charge is -2.07. The molecule has 3 heterocycles. The van der Waals surface area contributed by atoms with Crippen LogP contribution in [0.3, 0.4) is 0 Å². The third-order valence-corrected chi connectivity index (χ3v) is 6.79. The van der Waals surface area contributed by atoms with Crippen molar-refractivity contribution in [2.24, 2.45) is 5.11 Å². The molecule has 0 spiro atoms. The Balaban J connectivity index is 0.000000209. The maximum atomic E-state index is 9.81. The first kappa shape index (κ1) is 29.2. The summed E-state index contributed by atoms with van der Waals surface area (Å²) in [5.74, 6) is 0. The summed E-state index contributed by atoms with van der Waals surface area (Å²) in [7, 11) is 0. The van der Waals surface area contributed by atoms with Crippen molar-refractivity contribution in [3.8, 4) is 0 Å². The average Bonchev–Trinajstić information content (AvgIpc) is 3.70. The number of hydrogen-bond acceptors (Lipinski definition) is 7. The molecule has 2 aromatic carbocycles. The summed E-state index contributed by atoms with van der Waals surface area (Å²) < 4.78 is 4.94. The third-order valence-electron chi connectivity index (χ3n) is 5.04. The van der Waals surface area contributed by atoms with Crippen LogP contribution in [-0.2, 0) is 17.6 Å². The van der Waals surface area contributed by atoms with Gasteiger partial charge in [0.2, 0.25) is 0 Å². The Kier molecular flexibility index (Phi) is 14.1. The molecule has 1 fully saturated rings. The SMILES string of the molecule is C.C1CCOC1.O[C@H](Cc1ccccc1)c1nccs1.[N-]=[N+]=N[C@@H](Cc1ccccc1)c1nccs1. The number of aromatic nitrogens is 2. The number of aliphatic hydroxyl groups is 1. The second kappa shape index (κ2) is 17.4. The van der Waals surface area contributed by atoms with Gasteiger partial charge in [0.1, 0.15) is 16.1 Å². The van der Waals surface area contributed by atoms with E-state index in [4.69, 9.17) is 10.3 Å². The van der Waals surface area contributed by atoms with Crippen LogP contribution in [0, 0.1) is 0 Å². The third kappa shape index (κ3) is 10.7. The molecule has 190 valence electrons. The van der Waals surface area contributed by atoms with Crippen LogP contribution in [0.5, 0.6) is 0 Å². The summed E-state index contributed by atoms with van der Waals surface area (Å²) in [6.07, 6.45) is 6.85. The van der Waals surface area contributed by atoms with Crippen molar-refractivity contribution in [3.05, 3.63) is 115 Å². The van der Waals surface area contributed by atoms with Crippen LogP contribution in [0.4, 0.5) is 0 Å². The largest absolute Gasteiger partial charge is 0.386 e. The standard InChI is InChI=1S/C11H10N4S.C11H11NOS.C4H8O.CH4/c12-15-14-10(11-13-6-7-16-11)8-9-4-2-1-3-5-9;13-10(11-12-6-7-14-11)8-9-4-2-1-3-5-9;1-2-4-5-3-1;/h1-7,10H,8H2;1-7,10,13H,8H2;1-4H2;1H4/t2*10-;;/m01../s1. The molecule has 36 heavy (non-hydrogen) atoms. The molecule has 1 aliphatic heterocycles. The molecule has 0 bridgehead atoms. The van der Waals surface area contributed by atoms with Crippen molar-refractivity contribution in [3.63, 3.8) is 0 Å². The lowest BCUT2D eigenvalue weighted by Crippen LogP contribution is -2.00. The molecule has 0 radical (unpaired) electrons. The minimum absolute atomic E-state index is 0. The number of benzene rings is 2. The predicted molar refractivity (Wildman–Crippen MR) is 148 cm³/mol. The van der Waals surface area contributed by atoms with Gasteiger partial charge in [-0.2, -0.15) is 0 Å². The second-order valence-corrected chi connectivity index (χ2v) is 9.53. The van der Waals surface area contributed by atoms with E-state index in [0.717, 1.165) is 34.4 Å². The van der Waals surface area contributed by atoms with Gasteiger partial charge in [-0.05, 0) is 35.9 Å². The molecule has 1 aliphatic rings. The van der Waals surface area contributed by atoms with Crippen LogP contribution in [0.2, 0.25) is 0 Å². The first-order chi connectivity index (χ1) is 17.3. The molecule has 5 rings (SSSR count). The summed E-state index contributed by atoms with van der Waals surface area (Å²) in [4.78, 5) is 11.1. The number of nitrogens with zero attached hydrogens (tertiary/aromatic N) is 5. The molecule has 7 nitrogen and oxygen atoms in total. The normalized spacial score (nSPS) is 13.5. The Morgan fingerprint density at radius 2 is 1.39 bits per heavy atom. The van der Waals surface area contributed by atoms with E-state index < -0.39 is 6.10 Å². The van der Waals surface area contributed by atoms with Gasteiger partial charge < -0.3 is 9.84 Å². The number of thiazole rings is 2.